The average molecular weight is 326 g/mol. The van der Waals surface area contributed by atoms with Crippen molar-refractivity contribution in [1.29, 1.82) is 0 Å². The van der Waals surface area contributed by atoms with E-state index in [1.54, 1.807) is 40.8 Å². The number of nitrogens with zero attached hydrogens (tertiary/aromatic N) is 6. The molecule has 0 aliphatic carbocycles. The van der Waals surface area contributed by atoms with Gasteiger partial charge in [-0.25, -0.2) is 24.1 Å². The van der Waals surface area contributed by atoms with Gasteiger partial charge in [-0.15, -0.1) is 0 Å². The number of hydrogen-bond acceptors (Lipinski definition) is 5. The van der Waals surface area contributed by atoms with E-state index in [-0.39, 0.29) is 11.6 Å². The summed E-state index contributed by atoms with van der Waals surface area (Å²) in [4.78, 5) is 20.3. The lowest BCUT2D eigenvalue weighted by Gasteiger charge is -2.10. The Morgan fingerprint density at radius 1 is 1.38 bits per heavy atom. The Balaban J connectivity index is 2.13. The second-order valence-corrected chi connectivity index (χ2v) is 5.56. The highest BCUT2D eigenvalue weighted by molar-refractivity contribution is 6.02. The van der Waals surface area contributed by atoms with Gasteiger partial charge in [-0.05, 0) is 31.6 Å². The summed E-state index contributed by atoms with van der Waals surface area (Å²) in [6.45, 7) is 4.07. The first-order valence-corrected chi connectivity index (χ1v) is 7.65. The molecule has 124 valence electrons. The normalized spacial score (nSPS) is 13.0. The summed E-state index contributed by atoms with van der Waals surface area (Å²) in [7, 11) is 1.78. The molecule has 3 rings (SSSR count). The number of aromatic nitrogens is 6. The smallest absolute Gasteiger partial charge is 0.336 e. The number of pyridine rings is 1. The third-order valence-corrected chi connectivity index (χ3v) is 3.97. The molecule has 3 heterocycles. The minimum atomic E-state index is -1.00. The average Bonchev–Trinajstić information content (AvgIpc) is 3.17. The number of fused-ring (bicyclic) bond motifs is 1. The molecule has 1 N–H and O–H groups in total. The Hall–Kier alpha value is -3.03. The van der Waals surface area contributed by atoms with Gasteiger partial charge in [0.15, 0.2) is 11.5 Å². The number of carbonyl (C=O) groups is 1. The number of aryl methyl sites for hydroxylation is 1. The molecule has 0 saturated carbocycles. The largest absolute Gasteiger partial charge is 0.478 e. The van der Waals surface area contributed by atoms with Crippen molar-refractivity contribution < 1.29 is 9.90 Å². The highest BCUT2D eigenvalue weighted by atomic mass is 16.4. The number of hydrogen-bond donors (Lipinski definition) is 1. The van der Waals surface area contributed by atoms with Gasteiger partial charge in [0, 0.05) is 7.05 Å². The van der Waals surface area contributed by atoms with Crippen molar-refractivity contribution in [3.63, 3.8) is 0 Å². The van der Waals surface area contributed by atoms with Crippen molar-refractivity contribution in [3.8, 4) is 0 Å². The maximum atomic E-state index is 11.6. The fourth-order valence-electron chi connectivity index (χ4n) is 2.41. The summed E-state index contributed by atoms with van der Waals surface area (Å²) in [5, 5.41) is 18.3. The van der Waals surface area contributed by atoms with Gasteiger partial charge in [-0.2, -0.15) is 10.2 Å². The van der Waals surface area contributed by atoms with E-state index in [2.05, 4.69) is 20.2 Å². The highest BCUT2D eigenvalue weighted by Gasteiger charge is 2.17. The van der Waals surface area contributed by atoms with E-state index < -0.39 is 5.97 Å². The van der Waals surface area contributed by atoms with Gasteiger partial charge >= 0.3 is 5.97 Å². The van der Waals surface area contributed by atoms with Gasteiger partial charge in [-0.3, -0.25) is 0 Å². The van der Waals surface area contributed by atoms with Gasteiger partial charge in [-0.1, -0.05) is 6.92 Å². The first-order valence-electron chi connectivity index (χ1n) is 7.65. The molecule has 1 atom stereocenters. The van der Waals surface area contributed by atoms with E-state index in [9.17, 15) is 9.90 Å². The Kier molecular flexibility index (Phi) is 4.11. The molecule has 24 heavy (non-hydrogen) atoms. The zero-order valence-electron chi connectivity index (χ0n) is 13.7. The van der Waals surface area contributed by atoms with Crippen molar-refractivity contribution in [2.75, 3.05) is 0 Å². The Morgan fingerprint density at radius 2 is 2.17 bits per heavy atom. The first kappa shape index (κ1) is 15.9. The van der Waals surface area contributed by atoms with Gasteiger partial charge < -0.3 is 5.11 Å². The van der Waals surface area contributed by atoms with E-state index in [1.807, 2.05) is 13.8 Å². The van der Waals surface area contributed by atoms with Crippen molar-refractivity contribution in [1.82, 2.24) is 29.5 Å². The molecule has 0 bridgehead atoms. The quantitative estimate of drug-likeness (QED) is 0.773. The van der Waals surface area contributed by atoms with Gasteiger partial charge in [0.2, 0.25) is 0 Å². The van der Waals surface area contributed by atoms with Gasteiger partial charge in [0.25, 0.3) is 0 Å². The van der Waals surface area contributed by atoms with Crippen LogP contribution in [-0.2, 0) is 7.05 Å². The van der Waals surface area contributed by atoms with Crippen molar-refractivity contribution in [2.45, 2.75) is 26.3 Å². The molecule has 3 aromatic rings. The van der Waals surface area contributed by atoms with E-state index in [0.717, 1.165) is 6.42 Å². The van der Waals surface area contributed by atoms with Gasteiger partial charge in [0.1, 0.15) is 6.33 Å². The van der Waals surface area contributed by atoms with Crippen LogP contribution in [0.3, 0.4) is 0 Å². The SMILES string of the molecule is CCC(C)n1ncc2c(C(=O)O)cc(/C=C/c3ncnn3C)nc21. The fourth-order valence-corrected chi connectivity index (χ4v) is 2.41. The Labute approximate surface area is 138 Å². The minimum absolute atomic E-state index is 0.134. The molecule has 0 saturated heterocycles. The van der Waals surface area contributed by atoms with E-state index in [0.29, 0.717) is 22.6 Å². The second-order valence-electron chi connectivity index (χ2n) is 5.56. The third-order valence-electron chi connectivity index (χ3n) is 3.97. The summed E-state index contributed by atoms with van der Waals surface area (Å²) in [5.74, 6) is -0.344. The second kappa shape index (κ2) is 6.23. The lowest BCUT2D eigenvalue weighted by Crippen LogP contribution is -2.07. The molecule has 3 aromatic heterocycles. The molecule has 0 aromatic carbocycles. The van der Waals surface area contributed by atoms with E-state index in [4.69, 9.17) is 0 Å². The van der Waals surface area contributed by atoms with Crippen molar-refractivity contribution in [3.05, 3.63) is 35.7 Å². The van der Waals surface area contributed by atoms with Gasteiger partial charge in [0.05, 0.1) is 28.9 Å². The van der Waals surface area contributed by atoms with E-state index >= 15 is 0 Å². The Bertz CT molecular complexity index is 924. The molecule has 0 amide bonds. The van der Waals surface area contributed by atoms with Crippen LogP contribution in [-0.4, -0.2) is 40.6 Å². The topological polar surface area (TPSA) is 98.7 Å². The summed E-state index contributed by atoms with van der Waals surface area (Å²) < 4.78 is 3.39. The maximum absolute atomic E-state index is 11.6. The summed E-state index contributed by atoms with van der Waals surface area (Å²) in [6, 6.07) is 1.68. The lowest BCUT2D eigenvalue weighted by atomic mass is 10.1. The number of carboxylic acids is 1. The molecule has 1 unspecified atom stereocenters. The Morgan fingerprint density at radius 3 is 2.79 bits per heavy atom. The predicted molar refractivity (Wildman–Crippen MR) is 89.4 cm³/mol. The molecule has 0 fully saturated rings. The zero-order chi connectivity index (χ0) is 17.3. The monoisotopic (exact) mass is 326 g/mol. The van der Waals surface area contributed by atoms with Crippen LogP contribution < -0.4 is 0 Å². The van der Waals surface area contributed by atoms with Crippen LogP contribution in [0.15, 0.2) is 18.6 Å². The summed E-state index contributed by atoms with van der Waals surface area (Å²) in [6.07, 6.45) is 7.37. The van der Waals surface area contributed by atoms with Crippen LogP contribution in [0.2, 0.25) is 0 Å². The van der Waals surface area contributed by atoms with E-state index in [1.165, 1.54) is 6.33 Å². The highest BCUT2D eigenvalue weighted by Crippen LogP contribution is 2.23. The molecule has 0 spiro atoms. The third kappa shape index (κ3) is 2.78. The van der Waals surface area contributed by atoms with Crippen LogP contribution >= 0.6 is 0 Å². The molecule has 8 nitrogen and oxygen atoms in total. The predicted octanol–water partition coefficient (Wildman–Crippen LogP) is 2.40. The van der Waals surface area contributed by atoms with Crippen LogP contribution in [0.25, 0.3) is 23.2 Å². The lowest BCUT2D eigenvalue weighted by molar-refractivity contribution is 0.0699. The number of carboxylic acid groups (broad SMARTS) is 1. The molecular formula is C16H18N6O2. The van der Waals surface area contributed by atoms with Crippen LogP contribution in [0.4, 0.5) is 0 Å². The van der Waals surface area contributed by atoms with Crippen molar-refractivity contribution >= 4 is 29.2 Å². The molecule has 0 aliphatic heterocycles. The maximum Gasteiger partial charge on any atom is 0.336 e. The summed E-state index contributed by atoms with van der Waals surface area (Å²) in [5.41, 5.74) is 1.29. The fraction of sp³-hybridized carbons (Fsp3) is 0.312. The van der Waals surface area contributed by atoms with Crippen LogP contribution in [0, 0.1) is 0 Å². The number of aromatic carboxylic acids is 1. The molecule has 8 heteroatoms. The van der Waals surface area contributed by atoms with Crippen molar-refractivity contribution in [2.24, 2.45) is 7.05 Å². The minimum Gasteiger partial charge on any atom is -0.478 e. The zero-order valence-corrected chi connectivity index (χ0v) is 13.7. The van der Waals surface area contributed by atoms with Crippen LogP contribution in [0.1, 0.15) is 48.2 Å². The first-order chi connectivity index (χ1) is 11.5. The van der Waals surface area contributed by atoms with Crippen LogP contribution in [0.5, 0.6) is 0 Å². The summed E-state index contributed by atoms with van der Waals surface area (Å²) >= 11 is 0. The molecular weight excluding hydrogens is 308 g/mol. The standard InChI is InChI=1S/C16H18N6O2/c1-4-10(2)22-15-13(8-18-22)12(16(23)24)7-11(20-15)5-6-14-17-9-19-21(14)3/h5-10H,4H2,1-3H3,(H,23,24)/b6-5+. The molecule has 0 aliphatic rings. The number of rotatable bonds is 5. The molecule has 0 radical (unpaired) electrons.